The lowest BCUT2D eigenvalue weighted by atomic mass is 10.7. The Hall–Kier alpha value is -0.310. The van der Waals surface area contributed by atoms with E-state index < -0.39 is 7.67 Å². The van der Waals surface area contributed by atoms with Gasteiger partial charge in [-0.2, -0.15) is 0 Å². The molecule has 0 aliphatic carbocycles. The Labute approximate surface area is 54.6 Å². The van der Waals surface area contributed by atoms with Gasteiger partial charge < -0.3 is 4.52 Å². The molecule has 1 atom stereocenters. The van der Waals surface area contributed by atoms with Crippen LogP contribution in [0.1, 0.15) is 6.92 Å². The van der Waals surface area contributed by atoms with Crippen LogP contribution in [-0.2, 0) is 9.09 Å². The van der Waals surface area contributed by atoms with E-state index in [9.17, 15) is 4.57 Å². The predicted molar refractivity (Wildman–Crippen MR) is 36.8 cm³/mol. The van der Waals surface area contributed by atoms with Crippen LogP contribution in [0.5, 0.6) is 0 Å². The molecular weight excluding hydrogens is 139 g/mol. The standard InChI is InChI=1S/C4H11N2O2P/c1-4(2)8-9(5,7)6-3/h1H2,2-3H3,(H3,5,6,7). The van der Waals surface area contributed by atoms with Gasteiger partial charge in [0, 0.05) is 0 Å². The fraction of sp³-hybridized carbons (Fsp3) is 0.500. The van der Waals surface area contributed by atoms with E-state index in [0.717, 1.165) is 0 Å². The minimum absolute atomic E-state index is 0.343. The largest absolute Gasteiger partial charge is 0.428 e. The van der Waals surface area contributed by atoms with E-state index in [1.165, 1.54) is 7.05 Å². The maximum atomic E-state index is 10.8. The highest BCUT2D eigenvalue weighted by molar-refractivity contribution is 7.54. The zero-order chi connectivity index (χ0) is 7.49. The summed E-state index contributed by atoms with van der Waals surface area (Å²) in [6, 6.07) is 0. The second kappa shape index (κ2) is 3.01. The summed E-state index contributed by atoms with van der Waals surface area (Å²) in [6.45, 7) is 4.95. The summed E-state index contributed by atoms with van der Waals surface area (Å²) >= 11 is 0. The van der Waals surface area contributed by atoms with Crippen LogP contribution in [-0.4, -0.2) is 7.05 Å². The first-order valence-electron chi connectivity index (χ1n) is 2.40. The summed E-state index contributed by atoms with van der Waals surface area (Å²) in [5, 5.41) is 2.32. The highest BCUT2D eigenvalue weighted by Gasteiger charge is 2.12. The fourth-order valence-electron chi connectivity index (χ4n) is 0.277. The molecule has 0 fully saturated rings. The molecule has 0 aromatic carbocycles. The molecule has 0 aliphatic heterocycles. The lowest BCUT2D eigenvalue weighted by Crippen LogP contribution is -2.12. The average Bonchev–Trinajstić information content (AvgIpc) is 1.63. The van der Waals surface area contributed by atoms with Gasteiger partial charge in [0.05, 0.1) is 5.76 Å². The first kappa shape index (κ1) is 8.69. The summed E-state index contributed by atoms with van der Waals surface area (Å²) in [7, 11) is -1.62. The van der Waals surface area contributed by atoms with Gasteiger partial charge in [-0.1, -0.05) is 6.58 Å². The van der Waals surface area contributed by atoms with E-state index in [-0.39, 0.29) is 0 Å². The predicted octanol–water partition coefficient (Wildman–Crippen LogP) is 0.823. The number of rotatable bonds is 3. The number of hydrogen-bond donors (Lipinski definition) is 2. The molecule has 0 spiro atoms. The Morgan fingerprint density at radius 2 is 2.33 bits per heavy atom. The third kappa shape index (κ3) is 4.21. The van der Waals surface area contributed by atoms with E-state index in [1.54, 1.807) is 6.92 Å². The minimum Gasteiger partial charge on any atom is -0.428 e. The van der Waals surface area contributed by atoms with Crippen molar-refractivity contribution >= 4 is 7.67 Å². The van der Waals surface area contributed by atoms with Crippen molar-refractivity contribution in [2.75, 3.05) is 7.05 Å². The van der Waals surface area contributed by atoms with Gasteiger partial charge >= 0.3 is 7.67 Å². The summed E-state index contributed by atoms with van der Waals surface area (Å²) in [4.78, 5) is 0. The van der Waals surface area contributed by atoms with Crippen LogP contribution >= 0.6 is 7.67 Å². The van der Waals surface area contributed by atoms with Crippen molar-refractivity contribution < 1.29 is 9.09 Å². The van der Waals surface area contributed by atoms with Crippen LogP contribution in [0.4, 0.5) is 0 Å². The summed E-state index contributed by atoms with van der Waals surface area (Å²) in [5.74, 6) is 0.343. The molecule has 0 aromatic rings. The average molecular weight is 150 g/mol. The first-order valence-corrected chi connectivity index (χ1v) is 4.10. The molecule has 0 radical (unpaired) electrons. The van der Waals surface area contributed by atoms with Gasteiger partial charge in [0.15, 0.2) is 0 Å². The summed E-state index contributed by atoms with van der Waals surface area (Å²) in [5.41, 5.74) is 5.08. The molecule has 9 heavy (non-hydrogen) atoms. The van der Waals surface area contributed by atoms with Crippen LogP contribution in [0.15, 0.2) is 12.3 Å². The second-order valence-corrected chi connectivity index (χ2v) is 3.44. The van der Waals surface area contributed by atoms with Crippen molar-refractivity contribution in [2.45, 2.75) is 6.92 Å². The minimum atomic E-state index is -3.08. The second-order valence-electron chi connectivity index (χ2n) is 1.61. The van der Waals surface area contributed by atoms with Crippen molar-refractivity contribution in [1.29, 1.82) is 0 Å². The number of allylic oxidation sites excluding steroid dienone is 1. The zero-order valence-corrected chi connectivity index (χ0v) is 6.44. The van der Waals surface area contributed by atoms with E-state index in [1.807, 2.05) is 0 Å². The lowest BCUT2D eigenvalue weighted by Gasteiger charge is -2.11. The van der Waals surface area contributed by atoms with Crippen molar-refractivity contribution in [3.8, 4) is 0 Å². The summed E-state index contributed by atoms with van der Waals surface area (Å²) in [6.07, 6.45) is 0. The third-order valence-corrected chi connectivity index (χ3v) is 1.81. The molecule has 0 heterocycles. The van der Waals surface area contributed by atoms with E-state index >= 15 is 0 Å². The van der Waals surface area contributed by atoms with Crippen molar-refractivity contribution in [2.24, 2.45) is 5.50 Å². The van der Waals surface area contributed by atoms with E-state index in [0.29, 0.717) is 5.76 Å². The van der Waals surface area contributed by atoms with Gasteiger partial charge in [0.25, 0.3) is 0 Å². The Kier molecular flexibility index (Phi) is 2.91. The van der Waals surface area contributed by atoms with Gasteiger partial charge in [-0.25, -0.2) is 15.2 Å². The maximum Gasteiger partial charge on any atom is 0.387 e. The Morgan fingerprint density at radius 1 is 1.89 bits per heavy atom. The zero-order valence-electron chi connectivity index (χ0n) is 5.55. The van der Waals surface area contributed by atoms with Crippen molar-refractivity contribution in [3.63, 3.8) is 0 Å². The van der Waals surface area contributed by atoms with Gasteiger partial charge in [-0.3, -0.25) is 0 Å². The van der Waals surface area contributed by atoms with Crippen molar-refractivity contribution in [1.82, 2.24) is 5.09 Å². The first-order chi connectivity index (χ1) is 3.98. The van der Waals surface area contributed by atoms with Crippen LogP contribution in [0, 0.1) is 0 Å². The lowest BCUT2D eigenvalue weighted by molar-refractivity contribution is 0.399. The molecule has 3 N–H and O–H groups in total. The normalized spacial score (nSPS) is 16.3. The number of hydrogen-bond acceptors (Lipinski definition) is 2. The molecule has 54 valence electrons. The molecular formula is C4H11N2O2P. The smallest absolute Gasteiger partial charge is 0.387 e. The molecule has 0 aliphatic rings. The third-order valence-electron chi connectivity index (χ3n) is 0.603. The highest BCUT2D eigenvalue weighted by Crippen LogP contribution is 2.33. The van der Waals surface area contributed by atoms with Crippen LogP contribution in [0.25, 0.3) is 0 Å². The number of nitrogens with one attached hydrogen (secondary N) is 1. The monoisotopic (exact) mass is 150 g/mol. The van der Waals surface area contributed by atoms with Gasteiger partial charge in [0.2, 0.25) is 0 Å². The molecule has 0 aromatic heterocycles. The molecule has 0 saturated heterocycles. The van der Waals surface area contributed by atoms with Crippen LogP contribution < -0.4 is 10.6 Å². The van der Waals surface area contributed by atoms with Gasteiger partial charge in [-0.05, 0) is 14.0 Å². The summed E-state index contributed by atoms with van der Waals surface area (Å²) < 4.78 is 15.4. The molecule has 5 heteroatoms. The van der Waals surface area contributed by atoms with Crippen LogP contribution in [0.2, 0.25) is 0 Å². The maximum absolute atomic E-state index is 10.8. The Bertz CT molecular complexity index is 157. The van der Waals surface area contributed by atoms with Crippen molar-refractivity contribution in [3.05, 3.63) is 12.3 Å². The number of nitrogens with two attached hydrogens (primary N) is 1. The molecule has 4 nitrogen and oxygen atoms in total. The van der Waals surface area contributed by atoms with Gasteiger partial charge in [-0.15, -0.1) is 0 Å². The van der Waals surface area contributed by atoms with E-state index in [4.69, 9.17) is 5.50 Å². The molecule has 1 unspecified atom stereocenters. The molecule has 0 saturated carbocycles. The SMILES string of the molecule is C=C(C)OP(N)(=O)NC. The quantitative estimate of drug-likeness (QED) is 0.461. The Balaban J connectivity index is 3.88. The molecule has 0 rings (SSSR count). The molecule has 0 bridgehead atoms. The van der Waals surface area contributed by atoms with Gasteiger partial charge in [0.1, 0.15) is 0 Å². The topological polar surface area (TPSA) is 64.3 Å². The van der Waals surface area contributed by atoms with E-state index in [2.05, 4.69) is 16.2 Å². The highest BCUT2D eigenvalue weighted by atomic mass is 31.2. The molecule has 0 amide bonds. The van der Waals surface area contributed by atoms with Crippen LogP contribution in [0.3, 0.4) is 0 Å². The Morgan fingerprint density at radius 3 is 2.44 bits per heavy atom. The fourth-order valence-corrected chi connectivity index (χ4v) is 0.831.